The molecular formula is C25H32N4O3. The number of hydrogen-bond acceptors (Lipinski definition) is 4. The summed E-state index contributed by atoms with van der Waals surface area (Å²) in [5.74, 6) is 0.223. The molecule has 0 aliphatic carbocycles. The number of rotatable bonds is 8. The molecule has 3 amide bonds. The number of nitrogens with one attached hydrogen (secondary N) is 2. The molecule has 32 heavy (non-hydrogen) atoms. The van der Waals surface area contributed by atoms with E-state index in [-0.39, 0.29) is 18.0 Å². The van der Waals surface area contributed by atoms with Crippen LogP contribution in [0.5, 0.6) is 0 Å². The van der Waals surface area contributed by atoms with Crippen LogP contribution in [0.1, 0.15) is 35.6 Å². The molecule has 2 aliphatic heterocycles. The maximum absolute atomic E-state index is 12.5. The molecular weight excluding hydrogens is 404 g/mol. The molecule has 0 saturated carbocycles. The number of amides is 3. The van der Waals surface area contributed by atoms with Crippen LogP contribution in [0.15, 0.2) is 54.6 Å². The first-order valence-corrected chi connectivity index (χ1v) is 11.4. The van der Waals surface area contributed by atoms with Gasteiger partial charge in [-0.3, -0.25) is 9.69 Å². The van der Waals surface area contributed by atoms with Crippen LogP contribution in [0.2, 0.25) is 0 Å². The minimum absolute atomic E-state index is 0.118. The third-order valence-electron chi connectivity index (χ3n) is 6.12. The van der Waals surface area contributed by atoms with E-state index in [1.807, 2.05) is 41.3 Å². The summed E-state index contributed by atoms with van der Waals surface area (Å²) in [4.78, 5) is 28.7. The van der Waals surface area contributed by atoms with E-state index >= 15 is 0 Å². The summed E-state index contributed by atoms with van der Waals surface area (Å²) in [5.41, 5.74) is 3.31. The summed E-state index contributed by atoms with van der Waals surface area (Å²) in [6, 6.07) is 18.3. The van der Waals surface area contributed by atoms with Gasteiger partial charge in [-0.1, -0.05) is 54.6 Å². The van der Waals surface area contributed by atoms with Gasteiger partial charge in [0.05, 0.1) is 19.3 Å². The van der Waals surface area contributed by atoms with Crippen molar-refractivity contribution in [1.29, 1.82) is 0 Å². The maximum atomic E-state index is 12.5. The molecule has 0 bridgehead atoms. The van der Waals surface area contributed by atoms with Crippen LogP contribution in [0.3, 0.4) is 0 Å². The molecule has 2 aliphatic rings. The lowest BCUT2D eigenvalue weighted by Crippen LogP contribution is -2.45. The molecule has 2 aromatic carbocycles. The predicted octanol–water partition coefficient (Wildman–Crippen LogP) is 2.68. The number of likely N-dealkylation sites (tertiary alicyclic amines) is 1. The van der Waals surface area contributed by atoms with E-state index in [2.05, 4.69) is 33.7 Å². The standard InChI is InChI=1S/C25H32N4O3/c30-24-10-5-11-29(24)19-21-7-4-6-20(16-21)17-26-25(31)27-18-23(22-8-2-1-3-9-22)28-12-14-32-15-13-28/h1-4,6-9,16,23H,5,10-15,17-19H2,(H2,26,27,31). The van der Waals surface area contributed by atoms with Gasteiger partial charge in [0.2, 0.25) is 5.91 Å². The van der Waals surface area contributed by atoms with E-state index < -0.39 is 0 Å². The van der Waals surface area contributed by atoms with Crippen molar-refractivity contribution in [3.05, 3.63) is 71.3 Å². The fourth-order valence-electron chi connectivity index (χ4n) is 4.39. The van der Waals surface area contributed by atoms with E-state index in [0.29, 0.717) is 26.1 Å². The molecule has 7 nitrogen and oxygen atoms in total. The van der Waals surface area contributed by atoms with E-state index in [4.69, 9.17) is 4.74 Å². The number of carbonyl (C=O) groups is 2. The molecule has 0 aromatic heterocycles. The van der Waals surface area contributed by atoms with Crippen molar-refractivity contribution < 1.29 is 14.3 Å². The molecule has 4 rings (SSSR count). The van der Waals surface area contributed by atoms with Crippen LogP contribution in [0.4, 0.5) is 4.79 Å². The molecule has 2 heterocycles. The van der Waals surface area contributed by atoms with E-state index in [1.165, 1.54) is 5.56 Å². The largest absolute Gasteiger partial charge is 0.379 e. The first-order valence-electron chi connectivity index (χ1n) is 11.4. The van der Waals surface area contributed by atoms with Gasteiger partial charge in [0.25, 0.3) is 0 Å². The van der Waals surface area contributed by atoms with E-state index in [1.54, 1.807) is 0 Å². The van der Waals surface area contributed by atoms with Crippen molar-refractivity contribution in [2.75, 3.05) is 39.4 Å². The van der Waals surface area contributed by atoms with Crippen molar-refractivity contribution in [2.45, 2.75) is 32.0 Å². The smallest absolute Gasteiger partial charge is 0.315 e. The van der Waals surface area contributed by atoms with E-state index in [0.717, 1.165) is 50.4 Å². The second kappa shape index (κ2) is 11.1. The molecule has 1 unspecified atom stereocenters. The zero-order chi connectivity index (χ0) is 22.2. The Morgan fingerprint density at radius 1 is 0.969 bits per heavy atom. The Morgan fingerprint density at radius 2 is 1.75 bits per heavy atom. The summed E-state index contributed by atoms with van der Waals surface area (Å²) < 4.78 is 5.49. The van der Waals surface area contributed by atoms with Crippen molar-refractivity contribution in [3.8, 4) is 0 Å². The van der Waals surface area contributed by atoms with Gasteiger partial charge in [-0.2, -0.15) is 0 Å². The van der Waals surface area contributed by atoms with Gasteiger partial charge in [0.15, 0.2) is 0 Å². The molecule has 0 spiro atoms. The van der Waals surface area contributed by atoms with Gasteiger partial charge >= 0.3 is 6.03 Å². The average molecular weight is 437 g/mol. The Balaban J connectivity index is 1.29. The highest BCUT2D eigenvalue weighted by atomic mass is 16.5. The van der Waals surface area contributed by atoms with Gasteiger partial charge in [0.1, 0.15) is 0 Å². The summed E-state index contributed by atoms with van der Waals surface area (Å²) in [7, 11) is 0. The average Bonchev–Trinajstić information content (AvgIpc) is 3.23. The fourth-order valence-corrected chi connectivity index (χ4v) is 4.39. The van der Waals surface area contributed by atoms with Crippen LogP contribution in [0.25, 0.3) is 0 Å². The minimum Gasteiger partial charge on any atom is -0.379 e. The van der Waals surface area contributed by atoms with Gasteiger partial charge in [-0.05, 0) is 23.1 Å². The minimum atomic E-state index is -0.181. The molecule has 2 fully saturated rings. The number of morpholine rings is 1. The van der Waals surface area contributed by atoms with Crippen molar-refractivity contribution in [3.63, 3.8) is 0 Å². The summed E-state index contributed by atoms with van der Waals surface area (Å²) in [6.45, 7) is 5.59. The Labute approximate surface area is 189 Å². The normalized spacial score (nSPS) is 17.9. The van der Waals surface area contributed by atoms with Crippen molar-refractivity contribution in [2.24, 2.45) is 0 Å². The van der Waals surface area contributed by atoms with Crippen LogP contribution in [-0.4, -0.2) is 61.1 Å². The van der Waals surface area contributed by atoms with Crippen molar-refractivity contribution >= 4 is 11.9 Å². The monoisotopic (exact) mass is 436 g/mol. The second-order valence-electron chi connectivity index (χ2n) is 8.38. The van der Waals surface area contributed by atoms with Crippen molar-refractivity contribution in [1.82, 2.24) is 20.4 Å². The SMILES string of the molecule is O=C(NCc1cccc(CN2CCCC2=O)c1)NCC(c1ccccc1)N1CCOCC1. The summed E-state index contributed by atoms with van der Waals surface area (Å²) in [5, 5.41) is 6.01. The number of carbonyl (C=O) groups excluding carboxylic acids is 2. The zero-order valence-corrected chi connectivity index (χ0v) is 18.5. The summed E-state index contributed by atoms with van der Waals surface area (Å²) >= 11 is 0. The number of hydrogen-bond donors (Lipinski definition) is 2. The van der Waals surface area contributed by atoms with Gasteiger partial charge in [-0.25, -0.2) is 4.79 Å². The Morgan fingerprint density at radius 3 is 2.50 bits per heavy atom. The Hall–Kier alpha value is -2.90. The quantitative estimate of drug-likeness (QED) is 0.667. The highest BCUT2D eigenvalue weighted by Crippen LogP contribution is 2.21. The zero-order valence-electron chi connectivity index (χ0n) is 18.5. The first kappa shape index (κ1) is 22.3. The second-order valence-corrected chi connectivity index (χ2v) is 8.38. The highest BCUT2D eigenvalue weighted by molar-refractivity contribution is 5.78. The third-order valence-corrected chi connectivity index (χ3v) is 6.12. The fraction of sp³-hybridized carbons (Fsp3) is 0.440. The predicted molar refractivity (Wildman–Crippen MR) is 123 cm³/mol. The van der Waals surface area contributed by atoms with Crippen LogP contribution in [-0.2, 0) is 22.6 Å². The van der Waals surface area contributed by atoms with Crippen LogP contribution < -0.4 is 10.6 Å². The lowest BCUT2D eigenvalue weighted by Gasteiger charge is -2.34. The first-order chi connectivity index (χ1) is 15.7. The molecule has 170 valence electrons. The number of benzene rings is 2. The number of urea groups is 1. The molecule has 2 N–H and O–H groups in total. The Kier molecular flexibility index (Phi) is 7.74. The van der Waals surface area contributed by atoms with Gasteiger partial charge in [0, 0.05) is 45.7 Å². The number of ether oxygens (including phenoxy) is 1. The molecule has 2 saturated heterocycles. The maximum Gasteiger partial charge on any atom is 0.315 e. The molecule has 7 heteroatoms. The van der Waals surface area contributed by atoms with Gasteiger partial charge in [-0.15, -0.1) is 0 Å². The topological polar surface area (TPSA) is 73.9 Å². The van der Waals surface area contributed by atoms with Crippen LogP contribution >= 0.6 is 0 Å². The lowest BCUT2D eigenvalue weighted by molar-refractivity contribution is -0.128. The third kappa shape index (κ3) is 6.08. The molecule has 0 radical (unpaired) electrons. The highest BCUT2D eigenvalue weighted by Gasteiger charge is 2.23. The Bertz CT molecular complexity index is 899. The van der Waals surface area contributed by atoms with Gasteiger partial charge < -0.3 is 20.3 Å². The lowest BCUT2D eigenvalue weighted by atomic mass is 10.0. The van der Waals surface area contributed by atoms with Crippen LogP contribution in [0, 0.1) is 0 Å². The van der Waals surface area contributed by atoms with E-state index in [9.17, 15) is 9.59 Å². The molecule has 1 atom stereocenters. The molecule has 2 aromatic rings. The summed E-state index contributed by atoms with van der Waals surface area (Å²) in [6.07, 6.45) is 1.59. The number of nitrogens with zero attached hydrogens (tertiary/aromatic N) is 2.